The first-order valence-electron chi connectivity index (χ1n) is 11.6. The van der Waals surface area contributed by atoms with Crippen molar-refractivity contribution in [2.24, 2.45) is 5.41 Å². The number of ether oxygens (including phenoxy) is 1. The van der Waals surface area contributed by atoms with Gasteiger partial charge in [-0.05, 0) is 36.6 Å². The second-order valence-electron chi connectivity index (χ2n) is 9.68. The van der Waals surface area contributed by atoms with Gasteiger partial charge in [0.05, 0.1) is 10.5 Å². The highest BCUT2D eigenvalue weighted by molar-refractivity contribution is 7.89. The Labute approximate surface area is 207 Å². The lowest BCUT2D eigenvalue weighted by Crippen LogP contribution is -2.68. The Balaban J connectivity index is 1.63. The molecule has 2 atom stereocenters. The monoisotopic (exact) mass is 493 g/mol. The number of carbonyl (C=O) groups is 1. The second kappa shape index (κ2) is 9.57. The molecule has 1 saturated carbocycles. The van der Waals surface area contributed by atoms with E-state index in [2.05, 4.69) is 0 Å². The topological polar surface area (TPSA) is 83.9 Å². The Morgan fingerprint density at radius 2 is 1.54 bits per heavy atom. The Morgan fingerprint density at radius 3 is 2.11 bits per heavy atom. The Bertz CT molecular complexity index is 1270. The van der Waals surface area contributed by atoms with E-state index in [1.807, 2.05) is 81.4 Å². The molecule has 0 unspecified atom stereocenters. The van der Waals surface area contributed by atoms with Crippen LogP contribution in [0.4, 0.5) is 0 Å². The van der Waals surface area contributed by atoms with E-state index in [1.165, 1.54) is 4.31 Å². The molecule has 1 N–H and O–H groups in total. The van der Waals surface area contributed by atoms with Crippen molar-refractivity contribution in [3.63, 3.8) is 0 Å². The lowest BCUT2D eigenvalue weighted by molar-refractivity contribution is -0.199. The quantitative estimate of drug-likeness (QED) is 0.470. The zero-order valence-electron chi connectivity index (χ0n) is 20.2. The number of sulfonamides is 1. The van der Waals surface area contributed by atoms with Crippen LogP contribution in [0, 0.1) is 12.3 Å². The van der Waals surface area contributed by atoms with Crippen LogP contribution in [0.5, 0.6) is 0 Å². The number of benzene rings is 3. The van der Waals surface area contributed by atoms with Crippen LogP contribution in [0.2, 0.25) is 0 Å². The summed E-state index contributed by atoms with van der Waals surface area (Å²) in [4.78, 5) is 13.0. The average Bonchev–Trinajstić information content (AvgIpc) is 2.86. The molecular weight excluding hydrogens is 462 g/mol. The van der Waals surface area contributed by atoms with E-state index in [0.29, 0.717) is 0 Å². The average molecular weight is 494 g/mol. The molecule has 4 rings (SSSR count). The molecule has 1 aliphatic rings. The third-order valence-electron chi connectivity index (χ3n) is 7.14. The standard InChI is InChI=1S/C28H31NO5S/c1-21-14-16-24(17-15-21)35(32,33)29(19-26(30)34-20-22-10-6-4-7-11-22)25-18-28(31,27(25,2)3)23-12-8-5-9-13-23/h4-17,25,31H,18-20H2,1-3H3/t25-,28-/m0/s1. The Hall–Kier alpha value is -3.00. The molecule has 7 heteroatoms. The van der Waals surface area contributed by atoms with E-state index in [4.69, 9.17) is 4.74 Å². The minimum Gasteiger partial charge on any atom is -0.460 e. The number of aliphatic hydroxyl groups is 1. The van der Waals surface area contributed by atoms with E-state index in [-0.39, 0.29) is 17.9 Å². The summed E-state index contributed by atoms with van der Waals surface area (Å²) in [7, 11) is -4.04. The minimum absolute atomic E-state index is 0.0557. The zero-order valence-corrected chi connectivity index (χ0v) is 21.0. The van der Waals surface area contributed by atoms with Gasteiger partial charge in [-0.3, -0.25) is 4.79 Å². The summed E-state index contributed by atoms with van der Waals surface area (Å²) < 4.78 is 34.1. The van der Waals surface area contributed by atoms with Gasteiger partial charge in [0, 0.05) is 11.5 Å². The molecule has 0 heterocycles. The van der Waals surface area contributed by atoms with Gasteiger partial charge < -0.3 is 9.84 Å². The molecular formula is C28H31NO5S. The molecule has 0 aromatic heterocycles. The number of nitrogens with zero attached hydrogens (tertiary/aromatic N) is 1. The molecule has 0 bridgehead atoms. The zero-order chi connectivity index (χ0) is 25.3. The van der Waals surface area contributed by atoms with Crippen LogP contribution in [0.15, 0.2) is 89.8 Å². The number of aryl methyl sites for hydroxylation is 1. The number of carbonyl (C=O) groups excluding carboxylic acids is 1. The lowest BCUT2D eigenvalue weighted by Gasteiger charge is -2.61. The first-order chi connectivity index (χ1) is 16.6. The molecule has 1 fully saturated rings. The van der Waals surface area contributed by atoms with Gasteiger partial charge in [-0.2, -0.15) is 4.31 Å². The van der Waals surface area contributed by atoms with Gasteiger partial charge in [0.15, 0.2) is 0 Å². The van der Waals surface area contributed by atoms with Crippen molar-refractivity contribution in [3.8, 4) is 0 Å². The van der Waals surface area contributed by atoms with Crippen molar-refractivity contribution in [1.29, 1.82) is 0 Å². The molecule has 0 saturated heterocycles. The van der Waals surface area contributed by atoms with Gasteiger partial charge in [-0.15, -0.1) is 0 Å². The van der Waals surface area contributed by atoms with Gasteiger partial charge in [0.25, 0.3) is 0 Å². The number of hydrogen-bond donors (Lipinski definition) is 1. The van der Waals surface area contributed by atoms with Crippen LogP contribution in [-0.4, -0.2) is 36.4 Å². The fourth-order valence-corrected chi connectivity index (χ4v) is 6.43. The van der Waals surface area contributed by atoms with Crippen LogP contribution < -0.4 is 0 Å². The van der Waals surface area contributed by atoms with Crippen molar-refractivity contribution < 1.29 is 23.1 Å². The highest BCUT2D eigenvalue weighted by atomic mass is 32.2. The molecule has 3 aromatic rings. The Morgan fingerprint density at radius 1 is 0.971 bits per heavy atom. The van der Waals surface area contributed by atoms with E-state index < -0.39 is 39.6 Å². The number of rotatable bonds is 8. The molecule has 35 heavy (non-hydrogen) atoms. The van der Waals surface area contributed by atoms with Crippen LogP contribution in [0.3, 0.4) is 0 Å². The van der Waals surface area contributed by atoms with E-state index in [1.54, 1.807) is 24.3 Å². The number of hydrogen-bond acceptors (Lipinski definition) is 5. The van der Waals surface area contributed by atoms with Gasteiger partial charge in [-0.1, -0.05) is 92.2 Å². The van der Waals surface area contributed by atoms with E-state index in [9.17, 15) is 18.3 Å². The fourth-order valence-electron chi connectivity index (χ4n) is 4.73. The molecule has 0 amide bonds. The summed E-state index contributed by atoms with van der Waals surface area (Å²) in [6.07, 6.45) is 0.168. The number of esters is 1. The van der Waals surface area contributed by atoms with Crippen molar-refractivity contribution in [1.82, 2.24) is 4.31 Å². The third-order valence-corrected chi connectivity index (χ3v) is 9.01. The first-order valence-corrected chi connectivity index (χ1v) is 13.1. The lowest BCUT2D eigenvalue weighted by atomic mass is 9.53. The van der Waals surface area contributed by atoms with Gasteiger partial charge in [0.1, 0.15) is 13.2 Å². The minimum atomic E-state index is -4.04. The van der Waals surface area contributed by atoms with Crippen LogP contribution in [0.25, 0.3) is 0 Å². The molecule has 0 spiro atoms. The van der Waals surface area contributed by atoms with Crippen molar-refractivity contribution in [2.75, 3.05) is 6.54 Å². The summed E-state index contributed by atoms with van der Waals surface area (Å²) in [6, 6.07) is 24.4. The van der Waals surface area contributed by atoms with Crippen LogP contribution in [-0.2, 0) is 31.8 Å². The highest BCUT2D eigenvalue weighted by Gasteiger charge is 2.63. The molecule has 1 aliphatic carbocycles. The van der Waals surface area contributed by atoms with E-state index in [0.717, 1.165) is 16.7 Å². The van der Waals surface area contributed by atoms with Crippen molar-refractivity contribution in [3.05, 3.63) is 102 Å². The molecule has 0 aliphatic heterocycles. The summed E-state index contributed by atoms with van der Waals surface area (Å²) in [6.45, 7) is 5.16. The van der Waals surface area contributed by atoms with Crippen molar-refractivity contribution in [2.45, 2.75) is 50.3 Å². The summed E-state index contributed by atoms with van der Waals surface area (Å²) in [5.74, 6) is -0.643. The maximum atomic E-state index is 13.8. The predicted octanol–water partition coefficient (Wildman–Crippen LogP) is 4.42. The predicted molar refractivity (Wildman–Crippen MR) is 134 cm³/mol. The second-order valence-corrected chi connectivity index (χ2v) is 11.6. The maximum Gasteiger partial charge on any atom is 0.321 e. The molecule has 184 valence electrons. The van der Waals surface area contributed by atoms with Gasteiger partial charge in [0.2, 0.25) is 10.0 Å². The Kier molecular flexibility index (Phi) is 6.86. The molecule has 3 aromatic carbocycles. The van der Waals surface area contributed by atoms with Crippen molar-refractivity contribution >= 4 is 16.0 Å². The van der Waals surface area contributed by atoms with E-state index >= 15 is 0 Å². The summed E-state index contributed by atoms with van der Waals surface area (Å²) in [5.41, 5.74) is 0.386. The molecule has 0 radical (unpaired) electrons. The fraction of sp³-hybridized carbons (Fsp3) is 0.321. The SMILES string of the molecule is Cc1ccc(S(=O)(=O)N(CC(=O)OCc2ccccc2)[C@H]2C[C@](O)(c3ccccc3)C2(C)C)cc1. The summed E-state index contributed by atoms with van der Waals surface area (Å²) >= 11 is 0. The maximum absolute atomic E-state index is 13.8. The molecule has 6 nitrogen and oxygen atoms in total. The normalized spacial score (nSPS) is 21.3. The van der Waals surface area contributed by atoms with Crippen LogP contribution >= 0.6 is 0 Å². The largest absolute Gasteiger partial charge is 0.460 e. The smallest absolute Gasteiger partial charge is 0.321 e. The third kappa shape index (κ3) is 4.76. The summed E-state index contributed by atoms with van der Waals surface area (Å²) in [5, 5.41) is 11.5. The highest BCUT2D eigenvalue weighted by Crippen LogP contribution is 2.58. The van der Waals surface area contributed by atoms with Crippen LogP contribution in [0.1, 0.15) is 37.0 Å². The first kappa shape index (κ1) is 25.1. The van der Waals surface area contributed by atoms with Gasteiger partial charge in [-0.25, -0.2) is 8.42 Å². The van der Waals surface area contributed by atoms with Gasteiger partial charge >= 0.3 is 5.97 Å².